The van der Waals surface area contributed by atoms with Gasteiger partial charge >= 0.3 is 0 Å². The van der Waals surface area contributed by atoms with Crippen LogP contribution in [0.25, 0.3) is 0 Å². The van der Waals surface area contributed by atoms with Gasteiger partial charge in [-0.1, -0.05) is 17.7 Å². The molecule has 1 aromatic carbocycles. The van der Waals surface area contributed by atoms with Gasteiger partial charge in [0.05, 0.1) is 18.4 Å². The summed E-state index contributed by atoms with van der Waals surface area (Å²) in [5.74, 6) is 0.815. The zero-order chi connectivity index (χ0) is 15.9. The lowest BCUT2D eigenvalue weighted by Gasteiger charge is -2.17. The molecule has 1 N–H and O–H groups in total. The highest BCUT2D eigenvalue weighted by Crippen LogP contribution is 2.11. The van der Waals surface area contributed by atoms with Crippen molar-refractivity contribution in [2.45, 2.75) is 13.5 Å². The third-order valence-electron chi connectivity index (χ3n) is 3.36. The summed E-state index contributed by atoms with van der Waals surface area (Å²) in [6.07, 6.45) is 3.49. The monoisotopic (exact) mass is 302 g/mol. The van der Waals surface area contributed by atoms with Crippen molar-refractivity contribution in [2.24, 2.45) is 0 Å². The molecule has 1 amide bonds. The Morgan fingerprint density at radius 3 is 2.73 bits per heavy atom. The molecule has 22 heavy (non-hydrogen) atoms. The number of nitrogens with one attached hydrogen (secondary N) is 1. The predicted octanol–water partition coefficient (Wildman–Crippen LogP) is 1.77. The second-order valence-electron chi connectivity index (χ2n) is 5.15. The zero-order valence-electron chi connectivity index (χ0n) is 13.2. The number of aryl methyl sites for hydroxylation is 1. The van der Waals surface area contributed by atoms with E-state index in [9.17, 15) is 4.79 Å². The maximum Gasteiger partial charge on any atom is 0.244 e. The summed E-state index contributed by atoms with van der Waals surface area (Å²) < 4.78 is 7.24. The zero-order valence-corrected chi connectivity index (χ0v) is 13.2. The van der Waals surface area contributed by atoms with Crippen LogP contribution in [0.15, 0.2) is 36.7 Å². The predicted molar refractivity (Wildman–Crippen MR) is 86.1 cm³/mol. The fraction of sp³-hybridized carbons (Fsp3) is 0.375. The third-order valence-corrected chi connectivity index (χ3v) is 3.36. The van der Waals surface area contributed by atoms with Crippen LogP contribution in [0.4, 0.5) is 5.69 Å². The molecule has 0 aliphatic carbocycles. The summed E-state index contributed by atoms with van der Waals surface area (Å²) in [5, 5.41) is 7.10. The van der Waals surface area contributed by atoms with Gasteiger partial charge < -0.3 is 15.0 Å². The summed E-state index contributed by atoms with van der Waals surface area (Å²) in [5.41, 5.74) is 2.08. The molecule has 0 radical (unpaired) electrons. The number of rotatable bonds is 7. The third kappa shape index (κ3) is 4.51. The Morgan fingerprint density at radius 2 is 2.09 bits per heavy atom. The van der Waals surface area contributed by atoms with Gasteiger partial charge in [-0.2, -0.15) is 5.10 Å². The smallest absolute Gasteiger partial charge is 0.244 e. The molecule has 0 atom stereocenters. The normalized spacial score (nSPS) is 10.3. The molecule has 0 spiro atoms. The number of benzene rings is 1. The molecular weight excluding hydrogens is 280 g/mol. The van der Waals surface area contributed by atoms with E-state index in [2.05, 4.69) is 10.4 Å². The van der Waals surface area contributed by atoms with Crippen LogP contribution in [0.1, 0.15) is 5.56 Å². The van der Waals surface area contributed by atoms with Gasteiger partial charge in [-0.3, -0.25) is 9.48 Å². The number of carbonyl (C=O) groups is 1. The van der Waals surface area contributed by atoms with E-state index in [1.165, 1.54) is 5.56 Å². The van der Waals surface area contributed by atoms with Crippen molar-refractivity contribution in [1.82, 2.24) is 14.7 Å². The van der Waals surface area contributed by atoms with E-state index in [1.807, 2.05) is 38.2 Å². The van der Waals surface area contributed by atoms with Gasteiger partial charge in [0, 0.05) is 20.3 Å². The van der Waals surface area contributed by atoms with E-state index >= 15 is 0 Å². The summed E-state index contributed by atoms with van der Waals surface area (Å²) >= 11 is 0. The molecule has 0 bridgehead atoms. The standard InChI is InChI=1S/C16H22N4O2/c1-13-4-6-15(7-5-13)22-9-8-19(3)16(21)12-20-11-14(17-2)10-18-20/h4-7,10-11,17H,8-9,12H2,1-3H3. The summed E-state index contributed by atoms with van der Waals surface area (Å²) in [4.78, 5) is 13.7. The van der Waals surface area contributed by atoms with Crippen molar-refractivity contribution >= 4 is 11.6 Å². The molecule has 0 aliphatic rings. The Kier molecular flexibility index (Phi) is 5.41. The number of aromatic nitrogens is 2. The van der Waals surface area contributed by atoms with Crippen LogP contribution in [-0.4, -0.2) is 47.8 Å². The Balaban J connectivity index is 1.75. The molecule has 0 aliphatic heterocycles. The lowest BCUT2D eigenvalue weighted by Crippen LogP contribution is -2.33. The highest BCUT2D eigenvalue weighted by Gasteiger charge is 2.10. The van der Waals surface area contributed by atoms with Gasteiger partial charge in [0.25, 0.3) is 0 Å². The van der Waals surface area contributed by atoms with Gasteiger partial charge in [0.2, 0.25) is 5.91 Å². The highest BCUT2D eigenvalue weighted by molar-refractivity contribution is 5.75. The molecule has 6 nitrogen and oxygen atoms in total. The minimum absolute atomic E-state index is 0.00161. The minimum Gasteiger partial charge on any atom is -0.492 e. The maximum atomic E-state index is 12.1. The van der Waals surface area contributed by atoms with E-state index in [4.69, 9.17) is 4.74 Å². The first-order chi connectivity index (χ1) is 10.6. The first-order valence-electron chi connectivity index (χ1n) is 7.22. The average molecular weight is 302 g/mol. The topological polar surface area (TPSA) is 59.4 Å². The van der Waals surface area contributed by atoms with Crippen molar-refractivity contribution in [3.05, 3.63) is 42.2 Å². The van der Waals surface area contributed by atoms with Gasteiger partial charge in [0.15, 0.2) is 0 Å². The van der Waals surface area contributed by atoms with Crippen LogP contribution in [-0.2, 0) is 11.3 Å². The van der Waals surface area contributed by atoms with Gasteiger partial charge in [0.1, 0.15) is 18.9 Å². The van der Waals surface area contributed by atoms with Gasteiger partial charge in [-0.15, -0.1) is 0 Å². The van der Waals surface area contributed by atoms with Gasteiger partial charge in [-0.25, -0.2) is 0 Å². The Morgan fingerprint density at radius 1 is 1.36 bits per heavy atom. The SMILES string of the molecule is CNc1cnn(CC(=O)N(C)CCOc2ccc(C)cc2)c1. The Labute approximate surface area is 130 Å². The molecule has 2 rings (SSSR count). The van der Waals surface area contributed by atoms with Crippen LogP contribution >= 0.6 is 0 Å². The Bertz CT molecular complexity index is 607. The summed E-state index contributed by atoms with van der Waals surface area (Å²) in [6, 6.07) is 7.86. The van der Waals surface area contributed by atoms with Crippen molar-refractivity contribution in [1.29, 1.82) is 0 Å². The fourth-order valence-corrected chi connectivity index (χ4v) is 1.90. The number of hydrogen-bond donors (Lipinski definition) is 1. The van der Waals surface area contributed by atoms with E-state index in [0.29, 0.717) is 13.2 Å². The first-order valence-corrected chi connectivity index (χ1v) is 7.22. The largest absolute Gasteiger partial charge is 0.492 e. The fourth-order valence-electron chi connectivity index (χ4n) is 1.90. The summed E-state index contributed by atoms with van der Waals surface area (Å²) in [7, 11) is 3.58. The molecule has 0 saturated carbocycles. The van der Waals surface area contributed by atoms with Gasteiger partial charge in [-0.05, 0) is 19.1 Å². The van der Waals surface area contributed by atoms with E-state index < -0.39 is 0 Å². The number of amides is 1. The van der Waals surface area contributed by atoms with Crippen LogP contribution < -0.4 is 10.1 Å². The molecule has 1 heterocycles. The molecule has 0 saturated heterocycles. The number of carbonyl (C=O) groups excluding carboxylic acids is 1. The second kappa shape index (κ2) is 7.49. The minimum atomic E-state index is -0.00161. The molecule has 0 unspecified atom stereocenters. The molecule has 1 aromatic heterocycles. The number of ether oxygens (including phenoxy) is 1. The molecule has 2 aromatic rings. The number of hydrogen-bond acceptors (Lipinski definition) is 4. The summed E-state index contributed by atoms with van der Waals surface area (Å²) in [6.45, 7) is 3.26. The first kappa shape index (κ1) is 15.9. The van der Waals surface area contributed by atoms with Crippen molar-refractivity contribution in [3.8, 4) is 5.75 Å². The number of likely N-dealkylation sites (N-methyl/N-ethyl adjacent to an activating group) is 1. The van der Waals surface area contributed by atoms with E-state index in [1.54, 1.807) is 29.0 Å². The lowest BCUT2D eigenvalue weighted by molar-refractivity contribution is -0.131. The van der Waals surface area contributed by atoms with Crippen molar-refractivity contribution < 1.29 is 9.53 Å². The van der Waals surface area contributed by atoms with Crippen molar-refractivity contribution in [2.75, 3.05) is 32.6 Å². The number of anilines is 1. The quantitative estimate of drug-likeness (QED) is 0.847. The second-order valence-corrected chi connectivity index (χ2v) is 5.15. The van der Waals surface area contributed by atoms with E-state index in [-0.39, 0.29) is 12.5 Å². The molecule has 6 heteroatoms. The average Bonchev–Trinajstić information content (AvgIpc) is 2.96. The lowest BCUT2D eigenvalue weighted by atomic mass is 10.2. The van der Waals surface area contributed by atoms with Crippen molar-refractivity contribution in [3.63, 3.8) is 0 Å². The van der Waals surface area contributed by atoms with E-state index in [0.717, 1.165) is 11.4 Å². The maximum absolute atomic E-state index is 12.1. The molecule has 118 valence electrons. The van der Waals surface area contributed by atoms with Crippen LogP contribution in [0.2, 0.25) is 0 Å². The highest BCUT2D eigenvalue weighted by atomic mass is 16.5. The van der Waals surface area contributed by atoms with Crippen LogP contribution in [0.3, 0.4) is 0 Å². The molecular formula is C16H22N4O2. The molecule has 0 fully saturated rings. The van der Waals surface area contributed by atoms with Crippen LogP contribution in [0, 0.1) is 6.92 Å². The number of nitrogens with zero attached hydrogens (tertiary/aromatic N) is 3. The Hall–Kier alpha value is -2.50. The van der Waals surface area contributed by atoms with Crippen LogP contribution in [0.5, 0.6) is 5.75 Å².